The molecule has 0 amide bonds. The molecule has 0 unspecified atom stereocenters. The van der Waals surface area contributed by atoms with E-state index in [2.05, 4.69) is 5.32 Å². The fourth-order valence-electron chi connectivity index (χ4n) is 1.84. The van der Waals surface area contributed by atoms with Gasteiger partial charge in [-0.1, -0.05) is 0 Å². The second-order valence-corrected chi connectivity index (χ2v) is 5.92. The van der Waals surface area contributed by atoms with Gasteiger partial charge in [-0.2, -0.15) is 8.42 Å². The largest absolute Gasteiger partial charge is 0.508 e. The van der Waals surface area contributed by atoms with Crippen LogP contribution in [-0.2, 0) is 10.1 Å². The van der Waals surface area contributed by atoms with Crippen LogP contribution in [0.25, 0.3) is 0 Å². The Balaban J connectivity index is 2.70. The minimum absolute atomic E-state index is 0.0914. The number of nitro benzene ring substituents is 2. The van der Waals surface area contributed by atoms with Crippen molar-refractivity contribution in [1.29, 1.82) is 0 Å². The molecule has 0 radical (unpaired) electrons. The van der Waals surface area contributed by atoms with Crippen LogP contribution in [0.5, 0.6) is 5.75 Å². The Morgan fingerprint density at radius 1 is 0.958 bits per heavy atom. The predicted molar refractivity (Wildman–Crippen MR) is 81.0 cm³/mol. The number of phenolic OH excluding ortho intramolecular Hbond substituents is 1. The number of nitrogens with one attached hydrogen (secondary N) is 1. The highest BCUT2D eigenvalue weighted by molar-refractivity contribution is 7.85. The molecule has 12 heteroatoms. The molecule has 3 N–H and O–H groups in total. The van der Waals surface area contributed by atoms with Crippen molar-refractivity contribution in [3.63, 3.8) is 0 Å². The van der Waals surface area contributed by atoms with Crippen LogP contribution in [0.15, 0.2) is 41.3 Å². The van der Waals surface area contributed by atoms with Crippen LogP contribution in [0.4, 0.5) is 22.7 Å². The maximum atomic E-state index is 11.2. The van der Waals surface area contributed by atoms with E-state index in [9.17, 15) is 33.8 Å². The molecular formula is C12H9N3O8S. The summed E-state index contributed by atoms with van der Waals surface area (Å²) in [5.41, 5.74) is -2.21. The number of benzene rings is 2. The van der Waals surface area contributed by atoms with Gasteiger partial charge < -0.3 is 10.4 Å². The SMILES string of the molecule is O=[N+]([O-])c1cc(S(=O)(=O)O)cc([N+](=O)[O-])c1Nc1ccc(O)cc1. The Hall–Kier alpha value is -3.25. The number of hydrogen-bond acceptors (Lipinski definition) is 8. The van der Waals surface area contributed by atoms with E-state index in [1.54, 1.807) is 0 Å². The molecule has 0 aliphatic rings. The molecule has 0 aromatic heterocycles. The van der Waals surface area contributed by atoms with E-state index in [0.717, 1.165) is 0 Å². The number of rotatable bonds is 5. The molecule has 2 aromatic rings. The average molecular weight is 355 g/mol. The maximum absolute atomic E-state index is 11.2. The molecule has 2 rings (SSSR count). The number of phenols is 1. The summed E-state index contributed by atoms with van der Waals surface area (Å²) in [6, 6.07) is 6.11. The lowest BCUT2D eigenvalue weighted by atomic mass is 10.2. The summed E-state index contributed by atoms with van der Waals surface area (Å²) in [6.45, 7) is 0. The first kappa shape index (κ1) is 17.1. The van der Waals surface area contributed by atoms with Gasteiger partial charge in [0.1, 0.15) is 10.6 Å². The van der Waals surface area contributed by atoms with Gasteiger partial charge in [0.25, 0.3) is 10.1 Å². The zero-order chi connectivity index (χ0) is 18.1. The Morgan fingerprint density at radius 3 is 1.79 bits per heavy atom. The minimum Gasteiger partial charge on any atom is -0.508 e. The monoisotopic (exact) mass is 355 g/mol. The quantitative estimate of drug-likeness (QED) is 0.314. The highest BCUT2D eigenvalue weighted by Crippen LogP contribution is 2.39. The third-order valence-corrected chi connectivity index (χ3v) is 3.73. The number of nitrogens with zero attached hydrogens (tertiary/aromatic N) is 2. The van der Waals surface area contributed by atoms with Gasteiger partial charge in [-0.05, 0) is 24.3 Å². The number of hydrogen-bond donors (Lipinski definition) is 3. The molecule has 24 heavy (non-hydrogen) atoms. The Morgan fingerprint density at radius 2 is 1.42 bits per heavy atom. The summed E-state index contributed by atoms with van der Waals surface area (Å²) in [7, 11) is -4.88. The Bertz CT molecular complexity index is 889. The van der Waals surface area contributed by atoms with Crippen molar-refractivity contribution in [1.82, 2.24) is 0 Å². The fraction of sp³-hybridized carbons (Fsp3) is 0. The third kappa shape index (κ3) is 3.56. The molecule has 0 spiro atoms. The topological polar surface area (TPSA) is 173 Å². The van der Waals surface area contributed by atoms with E-state index in [4.69, 9.17) is 4.55 Å². The molecule has 0 fully saturated rings. The highest BCUT2D eigenvalue weighted by atomic mass is 32.2. The zero-order valence-corrected chi connectivity index (χ0v) is 12.4. The number of nitro groups is 2. The van der Waals surface area contributed by atoms with Gasteiger partial charge in [-0.3, -0.25) is 24.8 Å². The van der Waals surface area contributed by atoms with Gasteiger partial charge in [-0.15, -0.1) is 0 Å². The molecule has 0 saturated carbocycles. The maximum Gasteiger partial charge on any atom is 0.301 e. The first-order valence-electron chi connectivity index (χ1n) is 6.10. The van der Waals surface area contributed by atoms with Gasteiger partial charge >= 0.3 is 11.4 Å². The lowest BCUT2D eigenvalue weighted by molar-refractivity contribution is -0.392. The summed E-state index contributed by atoms with van der Waals surface area (Å²) in [5.74, 6) is -0.0914. The third-order valence-electron chi connectivity index (χ3n) is 2.90. The molecule has 0 atom stereocenters. The average Bonchev–Trinajstić information content (AvgIpc) is 2.48. The molecule has 2 aromatic carbocycles. The fourth-order valence-corrected chi connectivity index (χ4v) is 2.36. The second kappa shape index (κ2) is 6.10. The molecule has 0 saturated heterocycles. The summed E-state index contributed by atoms with van der Waals surface area (Å²) in [6.07, 6.45) is 0. The van der Waals surface area contributed by atoms with Crippen LogP contribution in [-0.4, -0.2) is 27.9 Å². The Labute approximate surface area is 134 Å². The first-order valence-corrected chi connectivity index (χ1v) is 7.54. The lowest BCUT2D eigenvalue weighted by Crippen LogP contribution is -2.06. The van der Waals surface area contributed by atoms with Crippen LogP contribution in [0.2, 0.25) is 0 Å². The van der Waals surface area contributed by atoms with E-state index < -0.39 is 41.9 Å². The highest BCUT2D eigenvalue weighted by Gasteiger charge is 2.30. The van der Waals surface area contributed by atoms with E-state index in [0.29, 0.717) is 12.1 Å². The smallest absolute Gasteiger partial charge is 0.301 e. The predicted octanol–water partition coefficient (Wildman–Crippen LogP) is 2.20. The molecule has 11 nitrogen and oxygen atoms in total. The van der Waals surface area contributed by atoms with Crippen molar-refractivity contribution in [2.24, 2.45) is 0 Å². The Kier molecular flexibility index (Phi) is 4.35. The van der Waals surface area contributed by atoms with Gasteiger partial charge in [-0.25, -0.2) is 0 Å². The van der Waals surface area contributed by atoms with E-state index in [1.165, 1.54) is 24.3 Å². The van der Waals surface area contributed by atoms with Gasteiger partial charge in [0, 0.05) is 17.8 Å². The minimum atomic E-state index is -4.88. The first-order chi connectivity index (χ1) is 11.1. The van der Waals surface area contributed by atoms with Crippen molar-refractivity contribution in [3.05, 3.63) is 56.6 Å². The molecule has 0 heterocycles. The molecule has 126 valence electrons. The van der Waals surface area contributed by atoms with Crippen molar-refractivity contribution in [2.75, 3.05) is 5.32 Å². The standard InChI is InChI=1S/C12H9N3O8S/c16-8-3-1-7(2-4-8)13-12-10(14(17)18)5-9(24(21,22)23)6-11(12)15(19)20/h1-6,13,16H,(H,21,22,23). The number of anilines is 2. The van der Waals surface area contributed by atoms with Crippen molar-refractivity contribution < 1.29 is 27.9 Å². The molecule has 0 aliphatic carbocycles. The van der Waals surface area contributed by atoms with Crippen LogP contribution < -0.4 is 5.32 Å². The van der Waals surface area contributed by atoms with Crippen molar-refractivity contribution in [2.45, 2.75) is 4.90 Å². The molecule has 0 aliphatic heterocycles. The van der Waals surface area contributed by atoms with E-state index in [1.807, 2.05) is 0 Å². The van der Waals surface area contributed by atoms with Gasteiger partial charge in [0.2, 0.25) is 0 Å². The van der Waals surface area contributed by atoms with Crippen LogP contribution in [0, 0.1) is 20.2 Å². The number of aromatic hydroxyl groups is 1. The second-order valence-electron chi connectivity index (χ2n) is 4.50. The summed E-state index contributed by atoms with van der Waals surface area (Å²) >= 11 is 0. The van der Waals surface area contributed by atoms with Crippen molar-refractivity contribution >= 4 is 32.9 Å². The lowest BCUT2D eigenvalue weighted by Gasteiger charge is -2.09. The van der Waals surface area contributed by atoms with Crippen LogP contribution >= 0.6 is 0 Å². The van der Waals surface area contributed by atoms with Crippen LogP contribution in [0.3, 0.4) is 0 Å². The molecule has 0 bridgehead atoms. The zero-order valence-electron chi connectivity index (χ0n) is 11.6. The van der Waals surface area contributed by atoms with Crippen LogP contribution in [0.1, 0.15) is 0 Å². The summed E-state index contributed by atoms with van der Waals surface area (Å²) in [4.78, 5) is 19.3. The van der Waals surface area contributed by atoms with E-state index >= 15 is 0 Å². The molecular weight excluding hydrogens is 346 g/mol. The summed E-state index contributed by atoms with van der Waals surface area (Å²) < 4.78 is 31.3. The normalized spacial score (nSPS) is 11.0. The van der Waals surface area contributed by atoms with Gasteiger partial charge in [0.15, 0.2) is 5.69 Å². The summed E-state index contributed by atoms with van der Waals surface area (Å²) in [5, 5.41) is 33.9. The van der Waals surface area contributed by atoms with E-state index in [-0.39, 0.29) is 11.4 Å². The van der Waals surface area contributed by atoms with Gasteiger partial charge in [0.05, 0.1) is 9.85 Å². The van der Waals surface area contributed by atoms with Crippen molar-refractivity contribution in [3.8, 4) is 5.75 Å².